The van der Waals surface area contributed by atoms with E-state index in [4.69, 9.17) is 9.68 Å². The molecule has 0 spiro atoms. The predicted molar refractivity (Wildman–Crippen MR) is 55.3 cm³/mol. The maximum atomic E-state index is 11.9. The second-order valence-electron chi connectivity index (χ2n) is 3.55. The van der Waals surface area contributed by atoms with Gasteiger partial charge in [-0.25, -0.2) is 4.84 Å². The largest absolute Gasteiger partial charge is 0.573 e. The molecule has 0 fully saturated rings. The predicted octanol–water partition coefficient (Wildman–Crippen LogP) is 3.03. The Kier molecular flexibility index (Phi) is 3.33. The van der Waals surface area contributed by atoms with E-state index in [0.29, 0.717) is 5.75 Å². The number of alkyl halides is 3. The number of rotatable bonds is 3. The number of benzene rings is 1. The summed E-state index contributed by atoms with van der Waals surface area (Å²) in [5.74, 6) is 0.0318. The van der Waals surface area contributed by atoms with Gasteiger partial charge in [0.05, 0.1) is 6.20 Å². The van der Waals surface area contributed by atoms with Gasteiger partial charge in [-0.15, -0.1) is 13.2 Å². The van der Waals surface area contributed by atoms with E-state index in [1.165, 1.54) is 12.1 Å². The van der Waals surface area contributed by atoms with Crippen molar-refractivity contribution in [3.05, 3.63) is 36.5 Å². The lowest BCUT2D eigenvalue weighted by molar-refractivity contribution is -0.281. The number of hydrogen-bond donors (Lipinski definition) is 0. The summed E-state index contributed by atoms with van der Waals surface area (Å²) < 4.78 is 39.5. The number of ether oxygens (including phenoxy) is 1. The number of hydrogen-bond acceptors (Lipinski definition) is 4. The maximum Gasteiger partial charge on any atom is 0.573 e. The Labute approximate surface area is 101 Å². The Morgan fingerprint density at radius 1 is 1.17 bits per heavy atom. The Morgan fingerprint density at radius 3 is 2.28 bits per heavy atom. The van der Waals surface area contributed by atoms with Crippen LogP contribution in [0.2, 0.25) is 0 Å². The molecule has 0 aliphatic carbocycles. The van der Waals surface area contributed by atoms with Gasteiger partial charge in [-0.2, -0.15) is 0 Å². The topological polar surface area (TPSA) is 30.9 Å². The van der Waals surface area contributed by atoms with Crippen LogP contribution in [0.4, 0.5) is 13.2 Å². The van der Waals surface area contributed by atoms with Crippen LogP contribution in [0.3, 0.4) is 0 Å². The third-order valence-corrected chi connectivity index (χ3v) is 2.00. The Morgan fingerprint density at radius 2 is 1.78 bits per heavy atom. The molecule has 0 saturated carbocycles. The highest BCUT2D eigenvalue weighted by Gasteiger charge is 2.31. The molecule has 18 heavy (non-hydrogen) atoms. The van der Waals surface area contributed by atoms with Crippen LogP contribution in [-0.4, -0.2) is 17.7 Å². The van der Waals surface area contributed by atoms with Crippen LogP contribution in [0.1, 0.15) is 6.92 Å². The highest BCUT2D eigenvalue weighted by molar-refractivity contribution is 5.31. The molecule has 0 saturated heterocycles. The van der Waals surface area contributed by atoms with Gasteiger partial charge in [0.15, 0.2) is 5.75 Å². The second kappa shape index (κ2) is 4.77. The van der Waals surface area contributed by atoms with Gasteiger partial charge < -0.3 is 9.57 Å². The zero-order chi connectivity index (χ0) is 13.2. The van der Waals surface area contributed by atoms with Crippen LogP contribution >= 0.6 is 0 Å². The van der Waals surface area contributed by atoms with E-state index in [-0.39, 0.29) is 11.9 Å². The SMILES string of the molecule is CC1C=CN(Oc2ccc(OC(F)(F)F)cc2)O1. The zero-order valence-corrected chi connectivity index (χ0v) is 9.35. The first-order chi connectivity index (χ1) is 8.42. The van der Waals surface area contributed by atoms with Crippen LogP contribution in [-0.2, 0) is 4.84 Å². The summed E-state index contributed by atoms with van der Waals surface area (Å²) in [6, 6.07) is 5.01. The molecule has 98 valence electrons. The Balaban J connectivity index is 1.94. The van der Waals surface area contributed by atoms with Gasteiger partial charge in [0.25, 0.3) is 0 Å². The fourth-order valence-corrected chi connectivity index (χ4v) is 1.28. The standard InChI is InChI=1S/C11H10F3NO3/c1-8-6-7-15(17-8)18-10-4-2-9(3-5-10)16-11(12,13)14/h2-8H,1H3. The monoisotopic (exact) mass is 261 g/mol. The van der Waals surface area contributed by atoms with Gasteiger partial charge in [-0.3, -0.25) is 0 Å². The Bertz CT molecular complexity index is 430. The van der Waals surface area contributed by atoms with Crippen molar-refractivity contribution in [1.82, 2.24) is 5.23 Å². The molecule has 4 nitrogen and oxygen atoms in total. The van der Waals surface area contributed by atoms with Gasteiger partial charge in [-0.1, -0.05) is 5.23 Å². The van der Waals surface area contributed by atoms with E-state index < -0.39 is 6.36 Å². The molecule has 1 unspecified atom stereocenters. The molecule has 0 N–H and O–H groups in total. The summed E-state index contributed by atoms with van der Waals surface area (Å²) in [4.78, 5) is 10.4. The van der Waals surface area contributed by atoms with Crippen molar-refractivity contribution in [3.8, 4) is 11.5 Å². The molecular weight excluding hydrogens is 251 g/mol. The number of halogens is 3. The highest BCUT2D eigenvalue weighted by atomic mass is 19.4. The minimum Gasteiger partial charge on any atom is -0.406 e. The van der Waals surface area contributed by atoms with Crippen molar-refractivity contribution < 1.29 is 27.6 Å². The normalized spacial score (nSPS) is 19.1. The third kappa shape index (κ3) is 3.56. The second-order valence-corrected chi connectivity index (χ2v) is 3.55. The average Bonchev–Trinajstić information content (AvgIpc) is 2.65. The average molecular weight is 261 g/mol. The van der Waals surface area contributed by atoms with E-state index in [9.17, 15) is 13.2 Å². The lowest BCUT2D eigenvalue weighted by Gasteiger charge is -2.16. The molecule has 1 aliphatic rings. The van der Waals surface area contributed by atoms with Crippen LogP contribution < -0.4 is 9.57 Å². The van der Waals surface area contributed by atoms with Crippen LogP contribution in [0.15, 0.2) is 36.5 Å². The van der Waals surface area contributed by atoms with E-state index >= 15 is 0 Å². The van der Waals surface area contributed by atoms with Crippen LogP contribution in [0.25, 0.3) is 0 Å². The lowest BCUT2D eigenvalue weighted by Crippen LogP contribution is -2.20. The van der Waals surface area contributed by atoms with E-state index in [1.54, 1.807) is 12.3 Å². The quantitative estimate of drug-likeness (QED) is 0.836. The molecule has 0 aromatic heterocycles. The van der Waals surface area contributed by atoms with E-state index in [1.807, 2.05) is 6.92 Å². The summed E-state index contributed by atoms with van der Waals surface area (Å²) >= 11 is 0. The molecule has 7 heteroatoms. The third-order valence-electron chi connectivity index (χ3n) is 2.00. The first-order valence-electron chi connectivity index (χ1n) is 5.10. The van der Waals surface area contributed by atoms with Gasteiger partial charge >= 0.3 is 6.36 Å². The smallest absolute Gasteiger partial charge is 0.406 e. The molecular formula is C11H10F3NO3. The first-order valence-corrected chi connectivity index (χ1v) is 5.10. The van der Waals surface area contributed by atoms with Crippen LogP contribution in [0.5, 0.6) is 11.5 Å². The number of hydroxylamine groups is 2. The molecule has 1 heterocycles. The molecule has 1 aromatic rings. The summed E-state index contributed by atoms with van der Waals surface area (Å²) in [5.41, 5.74) is 0. The Hall–Kier alpha value is -1.89. The molecule has 2 rings (SSSR count). The first kappa shape index (κ1) is 12.6. The van der Waals surface area contributed by atoms with Crippen LogP contribution in [0, 0.1) is 0 Å². The minimum atomic E-state index is -4.70. The highest BCUT2D eigenvalue weighted by Crippen LogP contribution is 2.25. The van der Waals surface area contributed by atoms with Crippen molar-refractivity contribution in [1.29, 1.82) is 0 Å². The molecule has 0 radical (unpaired) electrons. The maximum absolute atomic E-state index is 11.9. The summed E-state index contributed by atoms with van der Waals surface area (Å²) in [5, 5.41) is 1.13. The zero-order valence-electron chi connectivity index (χ0n) is 9.35. The van der Waals surface area contributed by atoms with Gasteiger partial charge in [0.2, 0.25) is 0 Å². The molecule has 1 aromatic carbocycles. The van der Waals surface area contributed by atoms with Crippen molar-refractivity contribution >= 4 is 0 Å². The van der Waals surface area contributed by atoms with Gasteiger partial charge in [0, 0.05) is 0 Å². The van der Waals surface area contributed by atoms with Crippen molar-refractivity contribution in [2.45, 2.75) is 19.4 Å². The lowest BCUT2D eigenvalue weighted by atomic mass is 10.3. The van der Waals surface area contributed by atoms with Gasteiger partial charge in [0.1, 0.15) is 11.9 Å². The molecule has 0 bridgehead atoms. The van der Waals surface area contributed by atoms with E-state index in [0.717, 1.165) is 17.4 Å². The summed E-state index contributed by atoms with van der Waals surface area (Å²) in [7, 11) is 0. The molecule has 0 amide bonds. The van der Waals surface area contributed by atoms with Crippen molar-refractivity contribution in [2.75, 3.05) is 0 Å². The van der Waals surface area contributed by atoms with E-state index in [2.05, 4.69) is 4.74 Å². The fourth-order valence-electron chi connectivity index (χ4n) is 1.28. The van der Waals surface area contributed by atoms with Crippen molar-refractivity contribution in [3.63, 3.8) is 0 Å². The number of nitrogens with zero attached hydrogens (tertiary/aromatic N) is 1. The minimum absolute atomic E-state index is 0.0992. The molecule has 1 aliphatic heterocycles. The summed E-state index contributed by atoms with van der Waals surface area (Å²) in [6.07, 6.45) is -1.46. The fraction of sp³-hybridized carbons (Fsp3) is 0.273. The molecule has 1 atom stereocenters. The van der Waals surface area contributed by atoms with Crippen molar-refractivity contribution in [2.24, 2.45) is 0 Å². The van der Waals surface area contributed by atoms with Gasteiger partial charge in [-0.05, 0) is 37.3 Å². The summed E-state index contributed by atoms with van der Waals surface area (Å²) in [6.45, 7) is 1.82.